The first-order chi connectivity index (χ1) is 12.7. The van der Waals surface area contributed by atoms with Crippen LogP contribution in [-0.4, -0.2) is 17.2 Å². The number of rotatable bonds is 7. The van der Waals surface area contributed by atoms with Gasteiger partial charge in [-0.25, -0.2) is 4.79 Å². The predicted octanol–water partition coefficient (Wildman–Crippen LogP) is 4.84. The van der Waals surface area contributed by atoms with Gasteiger partial charge in [0.2, 0.25) is 6.10 Å². The molecular formula is C23H20O3. The number of benzene rings is 3. The first-order valence-corrected chi connectivity index (χ1v) is 8.47. The molecule has 0 aliphatic carbocycles. The molecule has 0 saturated heterocycles. The molecule has 0 radical (unpaired) electrons. The van der Waals surface area contributed by atoms with Crippen molar-refractivity contribution in [1.82, 2.24) is 0 Å². The highest BCUT2D eigenvalue weighted by Gasteiger charge is 2.18. The van der Waals surface area contributed by atoms with E-state index in [1.807, 2.05) is 78.9 Å². The molecule has 1 N–H and O–H groups in total. The molecule has 0 spiro atoms. The monoisotopic (exact) mass is 344 g/mol. The van der Waals surface area contributed by atoms with E-state index in [0.29, 0.717) is 12.2 Å². The summed E-state index contributed by atoms with van der Waals surface area (Å²) < 4.78 is 5.69. The molecule has 0 amide bonds. The number of para-hydroxylation sites is 1. The van der Waals surface area contributed by atoms with Gasteiger partial charge in [0.05, 0.1) is 0 Å². The average Bonchev–Trinajstić information content (AvgIpc) is 2.69. The van der Waals surface area contributed by atoms with Gasteiger partial charge in [-0.3, -0.25) is 0 Å². The van der Waals surface area contributed by atoms with E-state index < -0.39 is 12.1 Å². The average molecular weight is 344 g/mol. The van der Waals surface area contributed by atoms with Crippen LogP contribution >= 0.6 is 0 Å². The fourth-order valence-corrected chi connectivity index (χ4v) is 2.71. The molecule has 0 aromatic heterocycles. The summed E-state index contributed by atoms with van der Waals surface area (Å²) in [5, 5.41) is 9.63. The van der Waals surface area contributed by atoms with Crippen molar-refractivity contribution in [2.45, 2.75) is 12.5 Å². The third kappa shape index (κ3) is 4.84. The Labute approximate surface area is 153 Å². The van der Waals surface area contributed by atoms with Crippen LogP contribution in [0.15, 0.2) is 97.1 Å². The lowest BCUT2D eigenvalue weighted by Crippen LogP contribution is -2.25. The Hall–Kier alpha value is -3.33. The molecule has 3 heteroatoms. The molecule has 3 nitrogen and oxygen atoms in total. The second-order valence-corrected chi connectivity index (χ2v) is 5.91. The first-order valence-electron chi connectivity index (χ1n) is 8.47. The fraction of sp³-hybridized carbons (Fsp3) is 0.0870. The first kappa shape index (κ1) is 17.5. The fourth-order valence-electron chi connectivity index (χ4n) is 2.71. The Bertz CT molecular complexity index is 856. The van der Waals surface area contributed by atoms with Crippen LogP contribution in [-0.2, 0) is 11.2 Å². The smallest absolute Gasteiger partial charge is 0.349 e. The number of carboxylic acid groups (broad SMARTS) is 1. The standard InChI is InChI=1S/C23H20O3/c24-23(25)22(26-21-14-8-3-9-15-21)17-20(19-12-6-2-7-13-19)16-18-10-4-1-5-11-18/h1-15,17,22H,16H2,(H,24,25)/t22-/m0/s1. The Morgan fingerprint density at radius 2 is 1.38 bits per heavy atom. The number of carbonyl (C=O) groups is 1. The van der Waals surface area contributed by atoms with Crippen LogP contribution in [0.25, 0.3) is 5.57 Å². The van der Waals surface area contributed by atoms with Crippen molar-refractivity contribution in [3.8, 4) is 5.75 Å². The quantitative estimate of drug-likeness (QED) is 0.667. The molecule has 0 aliphatic heterocycles. The van der Waals surface area contributed by atoms with Crippen LogP contribution in [0.4, 0.5) is 0 Å². The Balaban J connectivity index is 1.93. The molecule has 0 aliphatic rings. The zero-order valence-corrected chi connectivity index (χ0v) is 14.3. The van der Waals surface area contributed by atoms with Gasteiger partial charge in [0, 0.05) is 0 Å². The topological polar surface area (TPSA) is 46.5 Å². The van der Waals surface area contributed by atoms with Gasteiger partial charge in [-0.05, 0) is 41.3 Å². The third-order valence-electron chi connectivity index (χ3n) is 3.98. The van der Waals surface area contributed by atoms with Gasteiger partial charge in [-0.15, -0.1) is 0 Å². The number of aliphatic carboxylic acids is 1. The summed E-state index contributed by atoms with van der Waals surface area (Å²) in [6, 6.07) is 28.8. The van der Waals surface area contributed by atoms with Gasteiger partial charge in [-0.1, -0.05) is 78.9 Å². The van der Waals surface area contributed by atoms with E-state index in [1.165, 1.54) is 0 Å². The number of allylic oxidation sites excluding steroid dienone is 1. The molecule has 26 heavy (non-hydrogen) atoms. The molecular weight excluding hydrogens is 324 g/mol. The van der Waals surface area contributed by atoms with Crippen molar-refractivity contribution in [3.05, 3.63) is 108 Å². The molecule has 0 bridgehead atoms. The highest BCUT2D eigenvalue weighted by atomic mass is 16.5. The van der Waals surface area contributed by atoms with Crippen LogP contribution in [0, 0.1) is 0 Å². The molecule has 0 fully saturated rings. The normalized spacial score (nSPS) is 12.4. The summed E-state index contributed by atoms with van der Waals surface area (Å²) in [7, 11) is 0. The van der Waals surface area contributed by atoms with E-state index in [4.69, 9.17) is 4.74 Å². The lowest BCUT2D eigenvalue weighted by Gasteiger charge is -2.15. The maximum atomic E-state index is 11.8. The largest absolute Gasteiger partial charge is 0.478 e. The second kappa shape index (κ2) is 8.67. The maximum absolute atomic E-state index is 11.8. The summed E-state index contributed by atoms with van der Waals surface area (Å²) in [6.07, 6.45) is 1.26. The van der Waals surface area contributed by atoms with E-state index in [1.54, 1.807) is 18.2 Å². The van der Waals surface area contributed by atoms with E-state index in [-0.39, 0.29) is 0 Å². The Kier molecular flexibility index (Phi) is 5.84. The second-order valence-electron chi connectivity index (χ2n) is 5.91. The summed E-state index contributed by atoms with van der Waals surface area (Å²) in [5.74, 6) is -0.487. The Morgan fingerprint density at radius 1 is 0.846 bits per heavy atom. The van der Waals surface area contributed by atoms with Gasteiger partial charge >= 0.3 is 5.97 Å². The van der Waals surface area contributed by atoms with Crippen LogP contribution in [0.3, 0.4) is 0 Å². The SMILES string of the molecule is O=C(O)[C@H](C=C(Cc1ccccc1)c1ccccc1)Oc1ccccc1. The maximum Gasteiger partial charge on any atom is 0.349 e. The Morgan fingerprint density at radius 3 is 1.96 bits per heavy atom. The van der Waals surface area contributed by atoms with Gasteiger partial charge in [0.15, 0.2) is 0 Å². The lowest BCUT2D eigenvalue weighted by molar-refractivity contribution is -0.142. The van der Waals surface area contributed by atoms with E-state index in [0.717, 1.165) is 16.7 Å². The van der Waals surface area contributed by atoms with Crippen LogP contribution in [0.2, 0.25) is 0 Å². The minimum Gasteiger partial charge on any atom is -0.478 e. The van der Waals surface area contributed by atoms with Crippen molar-refractivity contribution in [2.24, 2.45) is 0 Å². The molecule has 0 unspecified atom stereocenters. The molecule has 3 rings (SSSR count). The molecule has 3 aromatic rings. The molecule has 0 heterocycles. The lowest BCUT2D eigenvalue weighted by atomic mass is 9.96. The number of hydrogen-bond donors (Lipinski definition) is 1. The number of hydrogen-bond acceptors (Lipinski definition) is 2. The highest BCUT2D eigenvalue weighted by molar-refractivity contribution is 5.80. The van der Waals surface area contributed by atoms with Crippen LogP contribution in [0.5, 0.6) is 5.75 Å². The minimum absolute atomic E-state index is 0.531. The molecule has 3 aromatic carbocycles. The third-order valence-corrected chi connectivity index (χ3v) is 3.98. The van der Waals surface area contributed by atoms with Crippen LogP contribution < -0.4 is 4.74 Å². The molecule has 0 saturated carbocycles. The van der Waals surface area contributed by atoms with Gasteiger partial charge in [0.1, 0.15) is 5.75 Å². The zero-order valence-electron chi connectivity index (χ0n) is 14.3. The van der Waals surface area contributed by atoms with E-state index in [2.05, 4.69) is 0 Å². The summed E-state index contributed by atoms with van der Waals surface area (Å²) in [4.78, 5) is 11.8. The summed E-state index contributed by atoms with van der Waals surface area (Å²) in [6.45, 7) is 0. The molecule has 130 valence electrons. The van der Waals surface area contributed by atoms with Gasteiger partial charge in [-0.2, -0.15) is 0 Å². The van der Waals surface area contributed by atoms with Gasteiger partial charge < -0.3 is 9.84 Å². The minimum atomic E-state index is -1.06. The molecule has 1 atom stereocenters. The van der Waals surface area contributed by atoms with E-state index in [9.17, 15) is 9.90 Å². The van der Waals surface area contributed by atoms with Crippen molar-refractivity contribution in [3.63, 3.8) is 0 Å². The number of ether oxygens (including phenoxy) is 1. The highest BCUT2D eigenvalue weighted by Crippen LogP contribution is 2.22. The van der Waals surface area contributed by atoms with Crippen molar-refractivity contribution < 1.29 is 14.6 Å². The van der Waals surface area contributed by atoms with Crippen LogP contribution in [0.1, 0.15) is 11.1 Å². The number of carboxylic acids is 1. The van der Waals surface area contributed by atoms with E-state index >= 15 is 0 Å². The summed E-state index contributed by atoms with van der Waals surface area (Å²) >= 11 is 0. The summed E-state index contributed by atoms with van der Waals surface area (Å²) in [5.41, 5.74) is 3.02. The van der Waals surface area contributed by atoms with Crippen molar-refractivity contribution in [2.75, 3.05) is 0 Å². The zero-order chi connectivity index (χ0) is 18.2. The van der Waals surface area contributed by atoms with Crippen molar-refractivity contribution in [1.29, 1.82) is 0 Å². The van der Waals surface area contributed by atoms with Gasteiger partial charge in [0.25, 0.3) is 0 Å². The van der Waals surface area contributed by atoms with Crippen molar-refractivity contribution >= 4 is 11.5 Å². The predicted molar refractivity (Wildman–Crippen MR) is 103 cm³/mol.